The maximum atomic E-state index is 5.95. The van der Waals surface area contributed by atoms with Gasteiger partial charge >= 0.3 is 0 Å². The van der Waals surface area contributed by atoms with Crippen molar-refractivity contribution >= 4 is 34.6 Å². The average Bonchev–Trinajstić information content (AvgIpc) is 2.47. The van der Waals surface area contributed by atoms with Crippen LogP contribution in [0.4, 0.5) is 5.69 Å². The van der Waals surface area contributed by atoms with Crippen molar-refractivity contribution in [1.82, 2.24) is 5.32 Å². The molecule has 110 valence electrons. The van der Waals surface area contributed by atoms with Gasteiger partial charge in [-0.15, -0.1) is 0 Å². The van der Waals surface area contributed by atoms with Crippen molar-refractivity contribution in [1.29, 1.82) is 0 Å². The summed E-state index contributed by atoms with van der Waals surface area (Å²) in [6, 6.07) is 16.2. The lowest BCUT2D eigenvalue weighted by molar-refractivity contribution is 0.722. The number of hydrogen-bond acceptors (Lipinski definition) is 1. The molecule has 1 atom stereocenters. The van der Waals surface area contributed by atoms with Crippen LogP contribution in [-0.4, -0.2) is 5.11 Å². The van der Waals surface area contributed by atoms with Crippen LogP contribution in [-0.2, 0) is 6.42 Å². The first kappa shape index (κ1) is 15.8. The first-order valence-electron chi connectivity index (χ1n) is 7.00. The SMILES string of the molecule is CCc1ccc(C(C)NC(=S)Nc2cccc(Cl)c2)cc1. The molecule has 0 amide bonds. The number of benzene rings is 2. The molecule has 2 nitrogen and oxygen atoms in total. The Bertz CT molecular complexity index is 610. The molecule has 0 aliphatic rings. The minimum atomic E-state index is 0.148. The topological polar surface area (TPSA) is 24.1 Å². The number of halogens is 1. The quantitative estimate of drug-likeness (QED) is 0.780. The molecule has 2 rings (SSSR count). The second kappa shape index (κ2) is 7.43. The van der Waals surface area contributed by atoms with Gasteiger partial charge in [0.1, 0.15) is 0 Å². The van der Waals surface area contributed by atoms with E-state index in [0.29, 0.717) is 10.1 Å². The standard InChI is InChI=1S/C17H19ClN2S/c1-3-13-7-9-14(10-8-13)12(2)19-17(21)20-16-6-4-5-15(18)11-16/h4-12H,3H2,1-2H3,(H2,19,20,21). The maximum absolute atomic E-state index is 5.95. The predicted molar refractivity (Wildman–Crippen MR) is 95.0 cm³/mol. The first-order chi connectivity index (χ1) is 10.1. The summed E-state index contributed by atoms with van der Waals surface area (Å²) in [6.07, 6.45) is 1.05. The Morgan fingerprint density at radius 3 is 2.52 bits per heavy atom. The van der Waals surface area contributed by atoms with Crippen molar-refractivity contribution in [2.45, 2.75) is 26.3 Å². The minimum absolute atomic E-state index is 0.148. The van der Waals surface area contributed by atoms with Gasteiger partial charge < -0.3 is 10.6 Å². The molecular formula is C17H19ClN2S. The third-order valence-electron chi connectivity index (χ3n) is 3.32. The molecule has 0 fully saturated rings. The largest absolute Gasteiger partial charge is 0.356 e. The van der Waals surface area contributed by atoms with Crippen LogP contribution < -0.4 is 10.6 Å². The van der Waals surface area contributed by atoms with Crippen molar-refractivity contribution in [2.24, 2.45) is 0 Å². The maximum Gasteiger partial charge on any atom is 0.171 e. The predicted octanol–water partition coefficient (Wildman–Crippen LogP) is 4.95. The number of hydrogen-bond donors (Lipinski definition) is 2. The summed E-state index contributed by atoms with van der Waals surface area (Å²) in [5.41, 5.74) is 3.43. The zero-order chi connectivity index (χ0) is 15.2. The van der Waals surface area contributed by atoms with Gasteiger partial charge in [-0.3, -0.25) is 0 Å². The van der Waals surface area contributed by atoms with Gasteiger partial charge in [0.25, 0.3) is 0 Å². The van der Waals surface area contributed by atoms with Crippen LogP contribution in [0, 0.1) is 0 Å². The molecule has 0 saturated carbocycles. The van der Waals surface area contributed by atoms with Gasteiger partial charge in [-0.05, 0) is 54.9 Å². The van der Waals surface area contributed by atoms with Crippen molar-refractivity contribution in [2.75, 3.05) is 5.32 Å². The number of thiocarbonyl (C=S) groups is 1. The van der Waals surface area contributed by atoms with Gasteiger partial charge in [-0.25, -0.2) is 0 Å². The lowest BCUT2D eigenvalue weighted by Crippen LogP contribution is -2.30. The molecule has 2 aromatic carbocycles. The minimum Gasteiger partial charge on any atom is -0.356 e. The molecule has 0 saturated heterocycles. The molecule has 0 spiro atoms. The lowest BCUT2D eigenvalue weighted by Gasteiger charge is -2.17. The van der Waals surface area contributed by atoms with Crippen molar-refractivity contribution in [3.63, 3.8) is 0 Å². The van der Waals surface area contributed by atoms with Crippen LogP contribution in [0.2, 0.25) is 5.02 Å². The van der Waals surface area contributed by atoms with E-state index in [4.69, 9.17) is 23.8 Å². The number of rotatable bonds is 4. The Morgan fingerprint density at radius 2 is 1.90 bits per heavy atom. The number of aryl methyl sites for hydroxylation is 1. The van der Waals surface area contributed by atoms with Crippen LogP contribution in [0.3, 0.4) is 0 Å². The second-order valence-corrected chi connectivity index (χ2v) is 5.77. The van der Waals surface area contributed by atoms with Crippen LogP contribution >= 0.6 is 23.8 Å². The molecule has 21 heavy (non-hydrogen) atoms. The number of nitrogens with one attached hydrogen (secondary N) is 2. The Labute approximate surface area is 136 Å². The van der Waals surface area contributed by atoms with E-state index in [2.05, 4.69) is 48.7 Å². The molecule has 0 aliphatic heterocycles. The highest BCUT2D eigenvalue weighted by Gasteiger charge is 2.07. The smallest absolute Gasteiger partial charge is 0.171 e. The summed E-state index contributed by atoms with van der Waals surface area (Å²) in [5.74, 6) is 0. The van der Waals surface area contributed by atoms with Crippen molar-refractivity contribution in [3.8, 4) is 0 Å². The fourth-order valence-corrected chi connectivity index (χ4v) is 2.54. The Balaban J connectivity index is 1.95. The van der Waals surface area contributed by atoms with Crippen LogP contribution in [0.5, 0.6) is 0 Å². The molecule has 0 aromatic heterocycles. The zero-order valence-corrected chi connectivity index (χ0v) is 13.8. The average molecular weight is 319 g/mol. The van der Waals surface area contributed by atoms with Gasteiger partial charge in [-0.2, -0.15) is 0 Å². The van der Waals surface area contributed by atoms with E-state index in [-0.39, 0.29) is 6.04 Å². The van der Waals surface area contributed by atoms with Crippen molar-refractivity contribution in [3.05, 3.63) is 64.7 Å². The highest BCUT2D eigenvalue weighted by Crippen LogP contribution is 2.16. The third-order valence-corrected chi connectivity index (χ3v) is 3.77. The van der Waals surface area contributed by atoms with E-state index in [1.165, 1.54) is 11.1 Å². The molecule has 0 aliphatic carbocycles. The summed E-state index contributed by atoms with van der Waals surface area (Å²) in [4.78, 5) is 0. The van der Waals surface area contributed by atoms with E-state index < -0.39 is 0 Å². The number of anilines is 1. The van der Waals surface area contributed by atoms with Gasteiger partial charge in [-0.1, -0.05) is 48.9 Å². The summed E-state index contributed by atoms with van der Waals surface area (Å²) >= 11 is 11.3. The van der Waals surface area contributed by atoms with Crippen LogP contribution in [0.1, 0.15) is 31.0 Å². The molecule has 1 unspecified atom stereocenters. The van der Waals surface area contributed by atoms with E-state index in [9.17, 15) is 0 Å². The third kappa shape index (κ3) is 4.73. The molecule has 4 heteroatoms. The van der Waals surface area contributed by atoms with E-state index in [1.807, 2.05) is 24.3 Å². The van der Waals surface area contributed by atoms with Crippen LogP contribution in [0.25, 0.3) is 0 Å². The molecule has 2 N–H and O–H groups in total. The molecule has 2 aromatic rings. The van der Waals surface area contributed by atoms with Gasteiger partial charge in [0.2, 0.25) is 0 Å². The molecule has 0 bridgehead atoms. The Kier molecular flexibility index (Phi) is 5.59. The highest BCUT2D eigenvalue weighted by molar-refractivity contribution is 7.80. The van der Waals surface area contributed by atoms with Crippen molar-refractivity contribution < 1.29 is 0 Å². The molecule has 0 heterocycles. The normalized spacial score (nSPS) is 11.8. The molecular weight excluding hydrogens is 300 g/mol. The zero-order valence-electron chi connectivity index (χ0n) is 12.2. The highest BCUT2D eigenvalue weighted by atomic mass is 35.5. The van der Waals surface area contributed by atoms with E-state index >= 15 is 0 Å². The Morgan fingerprint density at radius 1 is 1.19 bits per heavy atom. The van der Waals surface area contributed by atoms with Gasteiger partial charge in [0.05, 0.1) is 6.04 Å². The molecule has 0 radical (unpaired) electrons. The van der Waals surface area contributed by atoms with E-state index in [0.717, 1.165) is 12.1 Å². The van der Waals surface area contributed by atoms with Gasteiger partial charge in [0, 0.05) is 10.7 Å². The fraction of sp³-hybridized carbons (Fsp3) is 0.235. The fourth-order valence-electron chi connectivity index (χ4n) is 2.06. The lowest BCUT2D eigenvalue weighted by atomic mass is 10.1. The monoisotopic (exact) mass is 318 g/mol. The van der Waals surface area contributed by atoms with E-state index in [1.54, 1.807) is 0 Å². The summed E-state index contributed by atoms with van der Waals surface area (Å²) in [7, 11) is 0. The first-order valence-corrected chi connectivity index (χ1v) is 7.79. The van der Waals surface area contributed by atoms with Crippen LogP contribution in [0.15, 0.2) is 48.5 Å². The summed E-state index contributed by atoms with van der Waals surface area (Å²) in [6.45, 7) is 4.24. The Hall–Kier alpha value is -1.58. The summed E-state index contributed by atoms with van der Waals surface area (Å²) in [5, 5.41) is 7.69. The second-order valence-electron chi connectivity index (χ2n) is 4.93. The summed E-state index contributed by atoms with van der Waals surface area (Å²) < 4.78 is 0. The van der Waals surface area contributed by atoms with Gasteiger partial charge in [0.15, 0.2) is 5.11 Å².